The van der Waals surface area contributed by atoms with Crippen molar-refractivity contribution in [3.05, 3.63) is 20.8 Å². The Morgan fingerprint density at radius 2 is 2.39 bits per heavy atom. The number of ether oxygens (including phenoxy) is 2. The second kappa shape index (κ2) is 5.04. The maximum atomic E-state index is 12.5. The van der Waals surface area contributed by atoms with Gasteiger partial charge in [-0.05, 0) is 40.2 Å². The van der Waals surface area contributed by atoms with Crippen LogP contribution in [0.25, 0.3) is 0 Å². The molecular weight excluding hydrogens is 316 g/mol. The zero-order chi connectivity index (χ0) is 12.6. The van der Waals surface area contributed by atoms with E-state index in [1.165, 1.54) is 11.3 Å². The van der Waals surface area contributed by atoms with Crippen LogP contribution in [0.15, 0.2) is 15.9 Å². The second-order valence-corrected chi connectivity index (χ2v) is 6.76. The molecule has 0 amide bonds. The molecular formula is C13H15BrO3S. The van der Waals surface area contributed by atoms with Gasteiger partial charge in [0.1, 0.15) is 0 Å². The van der Waals surface area contributed by atoms with Crippen molar-refractivity contribution in [3.8, 4) is 0 Å². The summed E-state index contributed by atoms with van der Waals surface area (Å²) in [7, 11) is 0. The van der Waals surface area contributed by atoms with Gasteiger partial charge in [-0.1, -0.05) is 0 Å². The maximum Gasteiger partial charge on any atom is 0.177 e. The molecule has 1 spiro atoms. The molecule has 98 valence electrons. The summed E-state index contributed by atoms with van der Waals surface area (Å²) in [6, 6.07) is 1.94. The highest BCUT2D eigenvalue weighted by atomic mass is 79.9. The van der Waals surface area contributed by atoms with Crippen LogP contribution in [-0.2, 0) is 9.47 Å². The van der Waals surface area contributed by atoms with Gasteiger partial charge in [0.05, 0.1) is 17.1 Å². The largest absolute Gasteiger partial charge is 0.378 e. The molecule has 2 fully saturated rings. The highest BCUT2D eigenvalue weighted by Crippen LogP contribution is 2.38. The molecule has 18 heavy (non-hydrogen) atoms. The van der Waals surface area contributed by atoms with Gasteiger partial charge < -0.3 is 9.47 Å². The van der Waals surface area contributed by atoms with E-state index < -0.39 is 0 Å². The number of hydrogen-bond acceptors (Lipinski definition) is 4. The van der Waals surface area contributed by atoms with Crippen molar-refractivity contribution >= 4 is 33.0 Å². The van der Waals surface area contributed by atoms with E-state index in [0.717, 1.165) is 35.2 Å². The summed E-state index contributed by atoms with van der Waals surface area (Å²) in [6.45, 7) is 2.06. The molecule has 0 saturated carbocycles. The number of carbonyl (C=O) groups is 1. The summed E-state index contributed by atoms with van der Waals surface area (Å²) in [5.74, 6) is 0.335. The van der Waals surface area contributed by atoms with Crippen molar-refractivity contribution in [3.63, 3.8) is 0 Å². The number of carbonyl (C=O) groups excluding carboxylic acids is 1. The molecule has 2 aliphatic heterocycles. The smallest absolute Gasteiger partial charge is 0.177 e. The second-order valence-electron chi connectivity index (χ2n) is 4.99. The van der Waals surface area contributed by atoms with Crippen LogP contribution in [0.1, 0.15) is 28.9 Å². The van der Waals surface area contributed by atoms with Crippen molar-refractivity contribution in [1.29, 1.82) is 0 Å². The van der Waals surface area contributed by atoms with E-state index in [1.807, 2.05) is 11.4 Å². The third-order valence-electron chi connectivity index (χ3n) is 3.77. The van der Waals surface area contributed by atoms with Gasteiger partial charge in [-0.25, -0.2) is 0 Å². The van der Waals surface area contributed by atoms with Crippen molar-refractivity contribution < 1.29 is 14.3 Å². The third kappa shape index (κ3) is 2.29. The summed E-state index contributed by atoms with van der Waals surface area (Å²) in [4.78, 5) is 13.3. The summed E-state index contributed by atoms with van der Waals surface area (Å²) >= 11 is 4.96. The van der Waals surface area contributed by atoms with E-state index in [1.54, 1.807) is 0 Å². The standard InChI is InChI=1S/C13H15BrO3S/c14-10-2-6-18-12(10)11(15)9-1-4-17-13(7-9)3-5-16-8-13/h2,6,9H,1,3-5,7-8H2. The lowest BCUT2D eigenvalue weighted by atomic mass is 9.82. The number of thiophene rings is 1. The highest BCUT2D eigenvalue weighted by molar-refractivity contribution is 9.10. The number of rotatable bonds is 2. The van der Waals surface area contributed by atoms with Crippen LogP contribution >= 0.6 is 27.3 Å². The number of ketones is 1. The summed E-state index contributed by atoms with van der Waals surface area (Å²) in [5.41, 5.74) is -0.192. The minimum Gasteiger partial charge on any atom is -0.378 e. The van der Waals surface area contributed by atoms with Crippen LogP contribution in [0.4, 0.5) is 0 Å². The van der Waals surface area contributed by atoms with Gasteiger partial charge in [0, 0.05) is 30.0 Å². The van der Waals surface area contributed by atoms with Crippen LogP contribution in [0, 0.1) is 5.92 Å². The first-order chi connectivity index (χ1) is 8.70. The molecule has 1 aromatic rings. The van der Waals surface area contributed by atoms with Gasteiger partial charge in [-0.3, -0.25) is 4.79 Å². The van der Waals surface area contributed by atoms with Gasteiger partial charge in [0.2, 0.25) is 0 Å². The Morgan fingerprint density at radius 1 is 1.50 bits per heavy atom. The van der Waals surface area contributed by atoms with Gasteiger partial charge in [-0.15, -0.1) is 11.3 Å². The molecule has 2 saturated heterocycles. The molecule has 2 atom stereocenters. The molecule has 1 aromatic heterocycles. The third-order valence-corrected chi connectivity index (χ3v) is 5.62. The topological polar surface area (TPSA) is 35.5 Å². The van der Waals surface area contributed by atoms with E-state index in [4.69, 9.17) is 9.47 Å². The quantitative estimate of drug-likeness (QED) is 0.780. The predicted octanol–water partition coefficient (Wildman–Crippen LogP) is 3.28. The Balaban J connectivity index is 1.76. The monoisotopic (exact) mass is 330 g/mol. The summed E-state index contributed by atoms with van der Waals surface area (Å²) < 4.78 is 12.2. The first-order valence-corrected chi connectivity index (χ1v) is 7.86. The molecule has 0 N–H and O–H groups in total. The summed E-state index contributed by atoms with van der Waals surface area (Å²) in [5, 5.41) is 1.95. The average molecular weight is 331 g/mol. The summed E-state index contributed by atoms with van der Waals surface area (Å²) in [6.07, 6.45) is 2.55. The Bertz CT molecular complexity index is 451. The molecule has 2 unspecified atom stereocenters. The normalized spacial score (nSPS) is 31.9. The highest BCUT2D eigenvalue weighted by Gasteiger charge is 2.43. The lowest BCUT2D eigenvalue weighted by Gasteiger charge is -2.36. The predicted molar refractivity (Wildman–Crippen MR) is 73.2 cm³/mol. The average Bonchev–Trinajstić information content (AvgIpc) is 2.98. The minimum atomic E-state index is -0.192. The minimum absolute atomic E-state index is 0.0791. The molecule has 0 radical (unpaired) electrons. The fourth-order valence-electron chi connectivity index (χ4n) is 2.77. The molecule has 3 rings (SSSR count). The maximum absolute atomic E-state index is 12.5. The van der Waals surface area contributed by atoms with Gasteiger partial charge in [-0.2, -0.15) is 0 Å². The van der Waals surface area contributed by atoms with E-state index in [2.05, 4.69) is 15.9 Å². The van der Waals surface area contributed by atoms with Crippen LogP contribution in [-0.4, -0.2) is 31.2 Å². The number of Topliss-reactive ketones (excluding diaryl/α,β-unsaturated/α-hetero) is 1. The Hall–Kier alpha value is -0.230. The molecule has 3 heterocycles. The lowest BCUT2D eigenvalue weighted by molar-refractivity contribution is -0.0920. The molecule has 5 heteroatoms. The van der Waals surface area contributed by atoms with Gasteiger partial charge in [0.15, 0.2) is 5.78 Å². The number of hydrogen-bond donors (Lipinski definition) is 0. The van der Waals surface area contributed by atoms with Crippen molar-refractivity contribution in [2.75, 3.05) is 19.8 Å². The van der Waals surface area contributed by atoms with Gasteiger partial charge in [0.25, 0.3) is 0 Å². The lowest BCUT2D eigenvalue weighted by Crippen LogP contribution is -2.42. The SMILES string of the molecule is O=C(c1sccc1Br)C1CCOC2(CCOC2)C1. The van der Waals surface area contributed by atoms with Crippen molar-refractivity contribution in [2.45, 2.75) is 24.9 Å². The fourth-order valence-corrected chi connectivity index (χ4v) is 4.36. The van der Waals surface area contributed by atoms with Crippen molar-refractivity contribution in [2.24, 2.45) is 5.92 Å². The molecule has 0 aliphatic carbocycles. The Morgan fingerprint density at radius 3 is 3.06 bits per heavy atom. The number of halogens is 1. The van der Waals surface area contributed by atoms with Crippen LogP contribution in [0.3, 0.4) is 0 Å². The van der Waals surface area contributed by atoms with E-state index in [-0.39, 0.29) is 17.3 Å². The molecule has 3 nitrogen and oxygen atoms in total. The Kier molecular flexibility index (Phi) is 3.58. The zero-order valence-electron chi connectivity index (χ0n) is 9.99. The molecule has 0 bridgehead atoms. The van der Waals surface area contributed by atoms with Crippen LogP contribution in [0.5, 0.6) is 0 Å². The first kappa shape index (κ1) is 12.8. The van der Waals surface area contributed by atoms with Crippen LogP contribution < -0.4 is 0 Å². The Labute approximate surface area is 119 Å². The van der Waals surface area contributed by atoms with Gasteiger partial charge >= 0.3 is 0 Å². The zero-order valence-corrected chi connectivity index (χ0v) is 12.4. The van der Waals surface area contributed by atoms with E-state index in [0.29, 0.717) is 13.2 Å². The fraction of sp³-hybridized carbons (Fsp3) is 0.615. The first-order valence-electron chi connectivity index (χ1n) is 6.19. The molecule has 2 aliphatic rings. The van der Waals surface area contributed by atoms with Crippen LogP contribution in [0.2, 0.25) is 0 Å². The van der Waals surface area contributed by atoms with E-state index in [9.17, 15) is 4.79 Å². The van der Waals surface area contributed by atoms with E-state index >= 15 is 0 Å². The van der Waals surface area contributed by atoms with Crippen molar-refractivity contribution in [1.82, 2.24) is 0 Å². The molecule has 0 aromatic carbocycles.